The summed E-state index contributed by atoms with van der Waals surface area (Å²) in [5.41, 5.74) is 0. The molecule has 0 amide bonds. The summed E-state index contributed by atoms with van der Waals surface area (Å²) in [6.07, 6.45) is 7.91. The van der Waals surface area contributed by atoms with Crippen LogP contribution in [0.5, 0.6) is 0 Å². The van der Waals surface area contributed by atoms with Crippen LogP contribution in [-0.2, 0) is 14.3 Å². The molecule has 0 spiro atoms. The van der Waals surface area contributed by atoms with E-state index in [1.54, 1.807) is 0 Å². The third kappa shape index (κ3) is 1.89. The zero-order valence-corrected chi connectivity index (χ0v) is 10.4. The van der Waals surface area contributed by atoms with Crippen molar-refractivity contribution in [3.8, 4) is 0 Å². The minimum Gasteiger partial charge on any atom is -0.460 e. The molecule has 3 heterocycles. The number of rotatable bonds is 2. The van der Waals surface area contributed by atoms with Gasteiger partial charge in [0.25, 0.3) is 0 Å². The minimum atomic E-state index is -0.641. The summed E-state index contributed by atoms with van der Waals surface area (Å²) in [5.74, 6) is 0.0128. The molecule has 4 nitrogen and oxygen atoms in total. The Hall–Kier alpha value is -1.13. The molecular weight excluding hydrogens is 232 g/mol. The van der Waals surface area contributed by atoms with Gasteiger partial charge in [-0.15, -0.1) is 0 Å². The molecule has 18 heavy (non-hydrogen) atoms. The Morgan fingerprint density at radius 1 is 1.33 bits per heavy atom. The molecule has 4 heteroatoms. The molecule has 98 valence electrons. The first-order chi connectivity index (χ1) is 8.66. The van der Waals surface area contributed by atoms with Crippen LogP contribution in [0.15, 0.2) is 24.3 Å². The average molecular weight is 250 g/mol. The summed E-state index contributed by atoms with van der Waals surface area (Å²) in [6.45, 7) is 2.08. The third-order valence-corrected chi connectivity index (χ3v) is 4.22. The topological polar surface area (TPSA) is 55.8 Å². The number of aliphatic hydroxyl groups is 1. The standard InChI is InChI=1S/C14H18O4/c1-8-9-4-2-3-5-10(17-9)13(8)14(16)11-6-7-12(15)18-11/h2-5,8-11,13-14,16H,6-7H2,1H3. The van der Waals surface area contributed by atoms with Gasteiger partial charge < -0.3 is 14.6 Å². The van der Waals surface area contributed by atoms with Gasteiger partial charge in [0.1, 0.15) is 6.10 Å². The number of esters is 1. The van der Waals surface area contributed by atoms with E-state index in [9.17, 15) is 9.90 Å². The first-order valence-electron chi connectivity index (χ1n) is 6.55. The van der Waals surface area contributed by atoms with Crippen LogP contribution in [0.3, 0.4) is 0 Å². The Balaban J connectivity index is 1.77. The van der Waals surface area contributed by atoms with Crippen LogP contribution in [0, 0.1) is 11.8 Å². The van der Waals surface area contributed by atoms with Crippen molar-refractivity contribution in [2.75, 3.05) is 0 Å². The molecule has 3 rings (SSSR count). The molecule has 0 radical (unpaired) electrons. The first-order valence-corrected chi connectivity index (χ1v) is 6.55. The number of allylic oxidation sites excluding steroid dienone is 2. The SMILES string of the molecule is CC1C2C=CC=CC(O2)C1C(O)C1CCC(=O)O1. The highest BCUT2D eigenvalue weighted by Crippen LogP contribution is 2.40. The number of hydrogen-bond donors (Lipinski definition) is 1. The number of hydrogen-bond acceptors (Lipinski definition) is 4. The lowest BCUT2D eigenvalue weighted by Crippen LogP contribution is -2.40. The number of fused-ring (bicyclic) bond motifs is 2. The Labute approximate surface area is 106 Å². The highest BCUT2D eigenvalue weighted by Gasteiger charge is 2.47. The summed E-state index contributed by atoms with van der Waals surface area (Å²) in [5, 5.41) is 10.5. The molecule has 0 aromatic heterocycles. The van der Waals surface area contributed by atoms with Gasteiger partial charge in [-0.2, -0.15) is 0 Å². The van der Waals surface area contributed by atoms with E-state index in [-0.39, 0.29) is 36.1 Å². The van der Waals surface area contributed by atoms with Gasteiger partial charge in [0.05, 0.1) is 18.3 Å². The van der Waals surface area contributed by atoms with Crippen molar-refractivity contribution >= 4 is 5.97 Å². The fourth-order valence-electron chi connectivity index (χ4n) is 3.20. The smallest absolute Gasteiger partial charge is 0.306 e. The van der Waals surface area contributed by atoms with Gasteiger partial charge in [0.15, 0.2) is 0 Å². The van der Waals surface area contributed by atoms with E-state index in [1.807, 2.05) is 24.3 Å². The van der Waals surface area contributed by atoms with Crippen molar-refractivity contribution in [2.45, 2.75) is 44.2 Å². The van der Waals surface area contributed by atoms with Crippen molar-refractivity contribution in [1.82, 2.24) is 0 Å². The van der Waals surface area contributed by atoms with E-state index in [2.05, 4.69) is 6.92 Å². The summed E-state index contributed by atoms with van der Waals surface area (Å²) in [4.78, 5) is 11.1. The van der Waals surface area contributed by atoms with Crippen molar-refractivity contribution in [3.63, 3.8) is 0 Å². The molecule has 1 N–H and O–H groups in total. The lowest BCUT2D eigenvalue weighted by atomic mass is 9.80. The maximum atomic E-state index is 11.1. The Bertz CT molecular complexity index is 401. The van der Waals surface area contributed by atoms with Gasteiger partial charge in [-0.05, 0) is 12.3 Å². The van der Waals surface area contributed by atoms with E-state index < -0.39 is 6.10 Å². The predicted molar refractivity (Wildman–Crippen MR) is 64.7 cm³/mol. The van der Waals surface area contributed by atoms with Gasteiger partial charge in [0.2, 0.25) is 0 Å². The van der Waals surface area contributed by atoms with E-state index >= 15 is 0 Å². The number of carbonyl (C=O) groups excluding carboxylic acids is 1. The quantitative estimate of drug-likeness (QED) is 0.748. The number of ether oxygens (including phenoxy) is 2. The second kappa shape index (κ2) is 4.52. The molecule has 3 aliphatic rings. The van der Waals surface area contributed by atoms with Crippen LogP contribution in [-0.4, -0.2) is 35.5 Å². The number of cyclic esters (lactones) is 1. The van der Waals surface area contributed by atoms with Crippen molar-refractivity contribution in [3.05, 3.63) is 24.3 Å². The molecule has 2 bridgehead atoms. The van der Waals surface area contributed by atoms with Crippen LogP contribution in [0.1, 0.15) is 19.8 Å². The molecule has 0 aromatic carbocycles. The molecule has 0 saturated carbocycles. The first kappa shape index (κ1) is 11.9. The van der Waals surface area contributed by atoms with E-state index in [0.29, 0.717) is 12.8 Å². The maximum absolute atomic E-state index is 11.1. The van der Waals surface area contributed by atoms with Gasteiger partial charge >= 0.3 is 5.97 Å². The van der Waals surface area contributed by atoms with E-state index in [1.165, 1.54) is 0 Å². The lowest BCUT2D eigenvalue weighted by molar-refractivity contribution is -0.147. The molecule has 0 aliphatic carbocycles. The van der Waals surface area contributed by atoms with Crippen LogP contribution < -0.4 is 0 Å². The van der Waals surface area contributed by atoms with E-state index in [0.717, 1.165) is 0 Å². The Morgan fingerprint density at radius 2 is 2.06 bits per heavy atom. The number of carbonyl (C=O) groups is 1. The Morgan fingerprint density at radius 3 is 2.72 bits per heavy atom. The van der Waals surface area contributed by atoms with Crippen LogP contribution >= 0.6 is 0 Å². The number of aliphatic hydroxyl groups excluding tert-OH is 1. The van der Waals surface area contributed by atoms with Gasteiger partial charge in [0, 0.05) is 12.3 Å². The molecule has 6 unspecified atom stereocenters. The Kier molecular flexibility index (Phi) is 2.99. The molecule has 2 saturated heterocycles. The summed E-state index contributed by atoms with van der Waals surface area (Å²) in [7, 11) is 0. The minimum absolute atomic E-state index is 0.00731. The fraction of sp³-hybridized carbons (Fsp3) is 0.643. The predicted octanol–water partition coefficient (Wildman–Crippen LogP) is 1.20. The summed E-state index contributed by atoms with van der Waals surface area (Å²) >= 11 is 0. The normalized spacial score (nSPS) is 43.9. The van der Waals surface area contributed by atoms with Crippen LogP contribution in [0.4, 0.5) is 0 Å². The second-order valence-electron chi connectivity index (χ2n) is 5.33. The average Bonchev–Trinajstić information content (AvgIpc) is 2.79. The van der Waals surface area contributed by atoms with Crippen molar-refractivity contribution in [1.29, 1.82) is 0 Å². The highest BCUT2D eigenvalue weighted by molar-refractivity contribution is 5.71. The summed E-state index contributed by atoms with van der Waals surface area (Å²) < 4.78 is 11.1. The molecule has 6 atom stereocenters. The zero-order valence-electron chi connectivity index (χ0n) is 10.4. The molecule has 2 fully saturated rings. The third-order valence-electron chi connectivity index (χ3n) is 4.22. The molecule has 3 aliphatic heterocycles. The lowest BCUT2D eigenvalue weighted by Gasteiger charge is -2.28. The second-order valence-corrected chi connectivity index (χ2v) is 5.33. The van der Waals surface area contributed by atoms with Crippen molar-refractivity contribution < 1.29 is 19.4 Å². The monoisotopic (exact) mass is 250 g/mol. The largest absolute Gasteiger partial charge is 0.460 e. The molecule has 0 aromatic rings. The van der Waals surface area contributed by atoms with Crippen molar-refractivity contribution in [2.24, 2.45) is 11.8 Å². The fourth-order valence-corrected chi connectivity index (χ4v) is 3.20. The van der Waals surface area contributed by atoms with Gasteiger partial charge in [-0.25, -0.2) is 0 Å². The van der Waals surface area contributed by atoms with Crippen LogP contribution in [0.25, 0.3) is 0 Å². The molecular formula is C14H18O4. The van der Waals surface area contributed by atoms with E-state index in [4.69, 9.17) is 9.47 Å². The summed E-state index contributed by atoms with van der Waals surface area (Å²) in [6, 6.07) is 0. The highest BCUT2D eigenvalue weighted by atomic mass is 16.6. The van der Waals surface area contributed by atoms with Gasteiger partial charge in [-0.3, -0.25) is 4.79 Å². The van der Waals surface area contributed by atoms with Gasteiger partial charge in [-0.1, -0.05) is 31.2 Å². The maximum Gasteiger partial charge on any atom is 0.306 e. The van der Waals surface area contributed by atoms with Crippen LogP contribution in [0.2, 0.25) is 0 Å². The zero-order chi connectivity index (χ0) is 12.7.